The molecule has 2 aliphatic carbocycles. The number of alkyl carbamates (subject to hydrolysis) is 1. The van der Waals surface area contributed by atoms with E-state index in [1.165, 1.54) is 22.3 Å². The van der Waals surface area contributed by atoms with Crippen LogP contribution in [-0.4, -0.2) is 33.7 Å². The lowest BCUT2D eigenvalue weighted by Gasteiger charge is -2.32. The SMILES string of the molecule is CC(NC(=O)OCC1c2ccccc2-c2ccccc21)c1cn(C2CCC2N)nn1. The molecule has 3 aromatic rings. The maximum atomic E-state index is 12.5. The van der Waals surface area contributed by atoms with Crippen LogP contribution in [0.3, 0.4) is 0 Å². The quantitative estimate of drug-likeness (QED) is 0.679. The number of amides is 1. The molecular weight excluding hydrogens is 378 g/mol. The number of nitrogens with two attached hydrogens (primary N) is 1. The van der Waals surface area contributed by atoms with E-state index < -0.39 is 6.09 Å². The zero-order valence-electron chi connectivity index (χ0n) is 16.9. The smallest absolute Gasteiger partial charge is 0.407 e. The first-order valence-corrected chi connectivity index (χ1v) is 10.4. The molecule has 154 valence electrons. The monoisotopic (exact) mass is 403 g/mol. The third-order valence-electron chi connectivity index (χ3n) is 6.28. The number of aromatic nitrogens is 3. The Morgan fingerprint density at radius 1 is 1.17 bits per heavy atom. The van der Waals surface area contributed by atoms with Crippen LogP contribution < -0.4 is 11.1 Å². The Hall–Kier alpha value is -3.19. The van der Waals surface area contributed by atoms with E-state index in [0.717, 1.165) is 12.8 Å². The van der Waals surface area contributed by atoms with Crippen molar-refractivity contribution < 1.29 is 9.53 Å². The molecule has 1 heterocycles. The summed E-state index contributed by atoms with van der Waals surface area (Å²) < 4.78 is 7.42. The summed E-state index contributed by atoms with van der Waals surface area (Å²) >= 11 is 0. The van der Waals surface area contributed by atoms with Crippen molar-refractivity contribution >= 4 is 6.09 Å². The van der Waals surface area contributed by atoms with Gasteiger partial charge in [-0.2, -0.15) is 0 Å². The van der Waals surface area contributed by atoms with Crippen LogP contribution >= 0.6 is 0 Å². The molecule has 1 fully saturated rings. The van der Waals surface area contributed by atoms with Gasteiger partial charge in [-0.3, -0.25) is 0 Å². The Labute approximate surface area is 175 Å². The summed E-state index contributed by atoms with van der Waals surface area (Å²) in [4.78, 5) is 12.5. The molecule has 0 radical (unpaired) electrons. The van der Waals surface area contributed by atoms with Crippen LogP contribution in [0.1, 0.15) is 54.6 Å². The molecule has 7 nitrogen and oxygen atoms in total. The van der Waals surface area contributed by atoms with Crippen molar-refractivity contribution in [3.8, 4) is 11.1 Å². The van der Waals surface area contributed by atoms with E-state index in [4.69, 9.17) is 10.5 Å². The Morgan fingerprint density at radius 2 is 1.83 bits per heavy atom. The molecule has 30 heavy (non-hydrogen) atoms. The molecule has 0 spiro atoms. The average Bonchev–Trinajstić information content (AvgIpc) is 3.34. The molecule has 2 aromatic carbocycles. The highest BCUT2D eigenvalue weighted by Crippen LogP contribution is 2.44. The lowest BCUT2D eigenvalue weighted by atomic mass is 9.87. The van der Waals surface area contributed by atoms with E-state index in [1.54, 1.807) is 4.68 Å². The predicted molar refractivity (Wildman–Crippen MR) is 113 cm³/mol. The molecule has 0 aliphatic heterocycles. The van der Waals surface area contributed by atoms with Gasteiger partial charge >= 0.3 is 6.09 Å². The number of carbonyl (C=O) groups excluding carboxylic acids is 1. The standard InChI is InChI=1S/C23H25N5O2/c1-14(21-12-28(27-26-21)22-11-10-20(22)24)25-23(29)30-13-19-17-8-4-2-6-15(17)16-7-3-5-9-18(16)19/h2-9,12,14,19-20,22H,10-11,13,24H2,1H3,(H,25,29). The van der Waals surface area contributed by atoms with Gasteiger partial charge in [0.2, 0.25) is 0 Å². The summed E-state index contributed by atoms with van der Waals surface area (Å²) in [5, 5.41) is 11.2. The fraction of sp³-hybridized carbons (Fsp3) is 0.348. The summed E-state index contributed by atoms with van der Waals surface area (Å²) in [6, 6.07) is 16.6. The van der Waals surface area contributed by atoms with Gasteiger partial charge in [-0.05, 0) is 42.0 Å². The Bertz CT molecular complexity index is 1030. The Morgan fingerprint density at radius 3 is 2.43 bits per heavy atom. The topological polar surface area (TPSA) is 95.1 Å². The number of carbonyl (C=O) groups is 1. The minimum atomic E-state index is -0.459. The number of hydrogen-bond acceptors (Lipinski definition) is 5. The number of rotatable bonds is 5. The summed E-state index contributed by atoms with van der Waals surface area (Å²) in [7, 11) is 0. The van der Waals surface area contributed by atoms with Gasteiger partial charge in [0.05, 0.1) is 18.3 Å². The molecule has 3 atom stereocenters. The van der Waals surface area contributed by atoms with E-state index in [2.05, 4.69) is 39.9 Å². The number of nitrogens with one attached hydrogen (secondary N) is 1. The van der Waals surface area contributed by atoms with Crippen molar-refractivity contribution in [2.75, 3.05) is 6.61 Å². The van der Waals surface area contributed by atoms with Gasteiger partial charge in [0.15, 0.2) is 0 Å². The van der Waals surface area contributed by atoms with E-state index >= 15 is 0 Å². The first kappa shape index (κ1) is 18.8. The molecule has 1 amide bonds. The first-order chi connectivity index (χ1) is 14.6. The van der Waals surface area contributed by atoms with Gasteiger partial charge in [-0.25, -0.2) is 9.48 Å². The normalized spacial score (nSPS) is 20.7. The van der Waals surface area contributed by atoms with Crippen LogP contribution in [0.4, 0.5) is 4.79 Å². The fourth-order valence-corrected chi connectivity index (χ4v) is 4.38. The Kier molecular flexibility index (Phi) is 4.75. The van der Waals surface area contributed by atoms with Crippen molar-refractivity contribution in [3.63, 3.8) is 0 Å². The van der Waals surface area contributed by atoms with E-state index in [0.29, 0.717) is 5.69 Å². The largest absolute Gasteiger partial charge is 0.449 e. The third kappa shape index (κ3) is 3.25. The van der Waals surface area contributed by atoms with Crippen molar-refractivity contribution in [1.29, 1.82) is 0 Å². The molecule has 0 saturated heterocycles. The second-order valence-corrected chi connectivity index (χ2v) is 8.12. The molecule has 1 aromatic heterocycles. The predicted octanol–water partition coefficient (Wildman–Crippen LogP) is 3.54. The third-order valence-corrected chi connectivity index (χ3v) is 6.28. The van der Waals surface area contributed by atoms with Crippen molar-refractivity contribution in [1.82, 2.24) is 20.3 Å². The van der Waals surface area contributed by atoms with Gasteiger partial charge in [0, 0.05) is 12.0 Å². The average molecular weight is 403 g/mol. The van der Waals surface area contributed by atoms with Gasteiger partial charge in [0.1, 0.15) is 12.3 Å². The van der Waals surface area contributed by atoms with Crippen LogP contribution in [0.2, 0.25) is 0 Å². The van der Waals surface area contributed by atoms with Gasteiger partial charge in [0.25, 0.3) is 0 Å². The number of hydrogen-bond donors (Lipinski definition) is 2. The molecular formula is C23H25N5O2. The molecule has 2 aliphatic rings. The molecule has 3 N–H and O–H groups in total. The van der Waals surface area contributed by atoms with E-state index in [-0.39, 0.29) is 30.7 Å². The van der Waals surface area contributed by atoms with Crippen LogP contribution in [0, 0.1) is 0 Å². The molecule has 3 unspecified atom stereocenters. The minimum Gasteiger partial charge on any atom is -0.449 e. The van der Waals surface area contributed by atoms with E-state index in [9.17, 15) is 4.79 Å². The molecule has 1 saturated carbocycles. The zero-order chi connectivity index (χ0) is 20.7. The zero-order valence-corrected chi connectivity index (χ0v) is 16.9. The van der Waals surface area contributed by atoms with Crippen LogP contribution in [0.15, 0.2) is 54.7 Å². The van der Waals surface area contributed by atoms with Crippen molar-refractivity contribution in [3.05, 3.63) is 71.5 Å². The highest BCUT2D eigenvalue weighted by atomic mass is 16.5. The minimum absolute atomic E-state index is 0.0411. The second kappa shape index (κ2) is 7.57. The van der Waals surface area contributed by atoms with Gasteiger partial charge in [-0.1, -0.05) is 53.7 Å². The first-order valence-electron chi connectivity index (χ1n) is 10.4. The highest BCUT2D eigenvalue weighted by molar-refractivity contribution is 5.79. The summed E-state index contributed by atoms with van der Waals surface area (Å²) in [6.45, 7) is 2.16. The molecule has 7 heteroatoms. The van der Waals surface area contributed by atoms with Gasteiger partial charge in [-0.15, -0.1) is 5.10 Å². The summed E-state index contributed by atoms with van der Waals surface area (Å²) in [5.41, 5.74) is 11.5. The second-order valence-electron chi connectivity index (χ2n) is 8.12. The van der Waals surface area contributed by atoms with Crippen molar-refractivity contribution in [2.45, 2.75) is 43.8 Å². The highest BCUT2D eigenvalue weighted by Gasteiger charge is 2.31. The molecule has 0 bridgehead atoms. The number of fused-ring (bicyclic) bond motifs is 3. The maximum absolute atomic E-state index is 12.5. The Balaban J connectivity index is 1.23. The summed E-state index contributed by atoms with van der Waals surface area (Å²) in [6.07, 6.45) is 3.42. The van der Waals surface area contributed by atoms with Crippen LogP contribution in [0.25, 0.3) is 11.1 Å². The fourth-order valence-electron chi connectivity index (χ4n) is 4.38. The lowest BCUT2D eigenvalue weighted by Crippen LogP contribution is -2.41. The van der Waals surface area contributed by atoms with Gasteiger partial charge < -0.3 is 15.8 Å². The summed E-state index contributed by atoms with van der Waals surface area (Å²) in [5.74, 6) is 0.0411. The number of nitrogens with zero attached hydrogens (tertiary/aromatic N) is 3. The van der Waals surface area contributed by atoms with Crippen molar-refractivity contribution in [2.24, 2.45) is 5.73 Å². The number of benzene rings is 2. The van der Waals surface area contributed by atoms with E-state index in [1.807, 2.05) is 37.4 Å². The lowest BCUT2D eigenvalue weighted by molar-refractivity contribution is 0.139. The maximum Gasteiger partial charge on any atom is 0.407 e. The van der Waals surface area contributed by atoms with Crippen LogP contribution in [-0.2, 0) is 4.74 Å². The van der Waals surface area contributed by atoms with Crippen LogP contribution in [0.5, 0.6) is 0 Å². The number of ether oxygens (including phenoxy) is 1. The molecule has 5 rings (SSSR count).